The molecule has 0 fully saturated rings. The van der Waals surface area contributed by atoms with E-state index in [9.17, 15) is 22.4 Å². The van der Waals surface area contributed by atoms with E-state index in [1.54, 1.807) is 14.8 Å². The van der Waals surface area contributed by atoms with E-state index in [2.05, 4.69) is 5.16 Å². The Bertz CT molecular complexity index is 727. The molecule has 0 aliphatic carbocycles. The molecule has 0 atom stereocenters. The summed E-state index contributed by atoms with van der Waals surface area (Å²) in [4.78, 5) is 11.8. The number of rotatable bonds is 4. The number of hydrogen-bond acceptors (Lipinski definition) is 4. The first-order valence-electron chi connectivity index (χ1n) is 6.82. The van der Waals surface area contributed by atoms with Gasteiger partial charge in [-0.2, -0.15) is 13.2 Å². The Kier molecular flexibility index (Phi) is 4.77. The molecule has 2 aromatic rings. The maximum atomic E-state index is 13.7. The average Bonchev–Trinajstić information content (AvgIpc) is 2.89. The molecule has 9 heteroatoms. The van der Waals surface area contributed by atoms with Gasteiger partial charge in [0.05, 0.1) is 12.2 Å². The third kappa shape index (κ3) is 3.38. The summed E-state index contributed by atoms with van der Waals surface area (Å²) < 4.78 is 61.3. The van der Waals surface area contributed by atoms with Crippen LogP contribution in [0.15, 0.2) is 22.7 Å². The topological polar surface area (TPSA) is 52.3 Å². The summed E-state index contributed by atoms with van der Waals surface area (Å²) in [5.74, 6) is -2.08. The molecule has 0 radical (unpaired) electrons. The Morgan fingerprint density at radius 3 is 2.61 bits per heavy atom. The molecule has 0 saturated carbocycles. The molecule has 0 unspecified atom stereocenters. The molecule has 0 bridgehead atoms. The lowest BCUT2D eigenvalue weighted by molar-refractivity contribution is -0.139. The van der Waals surface area contributed by atoms with Crippen molar-refractivity contribution in [1.82, 2.24) is 5.16 Å². The summed E-state index contributed by atoms with van der Waals surface area (Å²) in [6.45, 7) is 1.76. The van der Waals surface area contributed by atoms with Crippen LogP contribution in [0.5, 0.6) is 0 Å². The molecule has 122 valence electrons. The van der Waals surface area contributed by atoms with E-state index in [1.165, 1.54) is 0 Å². The van der Waals surface area contributed by atoms with E-state index in [-0.39, 0.29) is 23.6 Å². The van der Waals surface area contributed by atoms with E-state index in [0.717, 1.165) is 6.07 Å². The van der Waals surface area contributed by atoms with Gasteiger partial charge in [-0.3, -0.25) is 0 Å². The van der Waals surface area contributed by atoms with Gasteiger partial charge >= 0.3 is 12.1 Å². The molecule has 23 heavy (non-hydrogen) atoms. The molecule has 4 nitrogen and oxygen atoms in total. The molecule has 0 saturated heterocycles. The van der Waals surface area contributed by atoms with E-state index in [0.29, 0.717) is 24.0 Å². The molecule has 0 amide bonds. The van der Waals surface area contributed by atoms with Crippen molar-refractivity contribution < 1.29 is 31.6 Å². The number of halogens is 4. The standard InChI is InChI=1S/C14H12BF4NO3/c1-2-22-13(21)11-8(6-15)12(23-20-11)7-3-4-9(10(16)5-7)14(17,18)19/h3-5H,2,6,15H2,1H3. The first-order valence-corrected chi connectivity index (χ1v) is 6.82. The number of nitrogens with zero attached hydrogens (tertiary/aromatic N) is 1. The quantitative estimate of drug-likeness (QED) is 0.492. The maximum Gasteiger partial charge on any atom is 0.419 e. The maximum absolute atomic E-state index is 13.7. The largest absolute Gasteiger partial charge is 0.461 e. The number of ether oxygens (including phenoxy) is 1. The van der Waals surface area contributed by atoms with Crippen LogP contribution in [-0.2, 0) is 17.2 Å². The smallest absolute Gasteiger partial charge is 0.419 e. The Morgan fingerprint density at radius 2 is 2.09 bits per heavy atom. The van der Waals surface area contributed by atoms with Crippen LogP contribution in [0.25, 0.3) is 11.3 Å². The van der Waals surface area contributed by atoms with Crippen molar-refractivity contribution in [3.05, 3.63) is 40.8 Å². The Labute approximate surface area is 129 Å². The zero-order valence-electron chi connectivity index (χ0n) is 12.3. The molecule has 0 spiro atoms. The minimum atomic E-state index is -4.78. The lowest BCUT2D eigenvalue weighted by Gasteiger charge is -2.08. The van der Waals surface area contributed by atoms with Gasteiger partial charge in [0.2, 0.25) is 0 Å². The van der Waals surface area contributed by atoms with Crippen LogP contribution in [0.2, 0.25) is 0 Å². The number of hydrogen-bond donors (Lipinski definition) is 0. The molecular weight excluding hydrogens is 317 g/mol. The van der Waals surface area contributed by atoms with Gasteiger partial charge in [0.15, 0.2) is 11.5 Å². The monoisotopic (exact) mass is 329 g/mol. The van der Waals surface area contributed by atoms with Crippen molar-refractivity contribution in [1.29, 1.82) is 0 Å². The van der Waals surface area contributed by atoms with Gasteiger partial charge in [-0.15, -0.1) is 0 Å². The van der Waals surface area contributed by atoms with Crippen molar-refractivity contribution >= 4 is 13.8 Å². The van der Waals surface area contributed by atoms with Crippen LogP contribution < -0.4 is 0 Å². The van der Waals surface area contributed by atoms with E-state index in [4.69, 9.17) is 9.26 Å². The van der Waals surface area contributed by atoms with Crippen LogP contribution in [0.3, 0.4) is 0 Å². The van der Waals surface area contributed by atoms with Gasteiger partial charge in [-0.25, -0.2) is 9.18 Å². The van der Waals surface area contributed by atoms with Gasteiger partial charge in [-0.1, -0.05) is 17.5 Å². The van der Waals surface area contributed by atoms with Crippen LogP contribution in [0, 0.1) is 5.82 Å². The SMILES string of the molecule is BCc1c(C(=O)OCC)noc1-c1ccc(C(F)(F)F)c(F)c1. The van der Waals surface area contributed by atoms with Crippen molar-refractivity contribution in [2.75, 3.05) is 6.61 Å². The predicted octanol–water partition coefficient (Wildman–Crippen LogP) is 2.81. The molecule has 0 aliphatic heterocycles. The number of carbonyl (C=O) groups excluding carboxylic acids is 1. The summed E-state index contributed by atoms with van der Waals surface area (Å²) in [5, 5.41) is 3.59. The Morgan fingerprint density at radius 1 is 1.39 bits per heavy atom. The zero-order chi connectivity index (χ0) is 17.2. The van der Waals surface area contributed by atoms with Crippen LogP contribution in [0.4, 0.5) is 17.6 Å². The fourth-order valence-electron chi connectivity index (χ4n) is 2.11. The minimum absolute atomic E-state index is 0.0446. The number of alkyl halides is 3. The highest BCUT2D eigenvalue weighted by molar-refractivity contribution is 6.10. The molecule has 1 heterocycles. The van der Waals surface area contributed by atoms with Gasteiger partial charge in [0.1, 0.15) is 13.7 Å². The second-order valence-corrected chi connectivity index (χ2v) is 4.61. The number of carbonyl (C=O) groups is 1. The van der Waals surface area contributed by atoms with Crippen LogP contribution >= 0.6 is 0 Å². The van der Waals surface area contributed by atoms with Crippen molar-refractivity contribution in [3.63, 3.8) is 0 Å². The number of benzene rings is 1. The van der Waals surface area contributed by atoms with Crippen molar-refractivity contribution in [2.24, 2.45) is 0 Å². The third-order valence-electron chi connectivity index (χ3n) is 3.15. The number of aromatic nitrogens is 1. The fourth-order valence-corrected chi connectivity index (χ4v) is 2.11. The summed E-state index contributed by atoms with van der Waals surface area (Å²) in [5.41, 5.74) is -1.02. The van der Waals surface area contributed by atoms with Crippen LogP contribution in [0.1, 0.15) is 28.5 Å². The molecule has 1 aromatic heterocycles. The van der Waals surface area contributed by atoms with E-state index < -0.39 is 23.5 Å². The third-order valence-corrected chi connectivity index (χ3v) is 3.15. The summed E-state index contributed by atoms with van der Waals surface area (Å²) in [6.07, 6.45) is -4.47. The minimum Gasteiger partial charge on any atom is -0.461 e. The summed E-state index contributed by atoms with van der Waals surface area (Å²) in [6, 6.07) is 2.40. The predicted molar refractivity (Wildman–Crippen MR) is 75.1 cm³/mol. The van der Waals surface area contributed by atoms with E-state index >= 15 is 0 Å². The Hall–Kier alpha value is -2.32. The lowest BCUT2D eigenvalue weighted by Crippen LogP contribution is -2.09. The van der Waals surface area contributed by atoms with Crippen molar-refractivity contribution in [2.45, 2.75) is 19.4 Å². The van der Waals surface area contributed by atoms with E-state index in [1.807, 2.05) is 0 Å². The molecule has 1 aromatic carbocycles. The molecular formula is C14H12BF4NO3. The molecule has 2 rings (SSSR count). The number of esters is 1. The summed E-state index contributed by atoms with van der Waals surface area (Å²) >= 11 is 0. The van der Waals surface area contributed by atoms with Crippen molar-refractivity contribution in [3.8, 4) is 11.3 Å². The zero-order valence-corrected chi connectivity index (χ0v) is 12.3. The second kappa shape index (κ2) is 6.43. The second-order valence-electron chi connectivity index (χ2n) is 4.61. The van der Waals surface area contributed by atoms with Gasteiger partial charge in [0.25, 0.3) is 0 Å². The summed E-state index contributed by atoms with van der Waals surface area (Å²) in [7, 11) is 1.71. The Balaban J connectivity index is 2.47. The van der Waals surface area contributed by atoms with Gasteiger partial charge < -0.3 is 9.26 Å². The fraction of sp³-hybridized carbons (Fsp3) is 0.286. The highest BCUT2D eigenvalue weighted by atomic mass is 19.4. The van der Waals surface area contributed by atoms with Gasteiger partial charge in [-0.05, 0) is 19.1 Å². The van der Waals surface area contributed by atoms with Gasteiger partial charge in [0, 0.05) is 11.1 Å². The first kappa shape index (κ1) is 17.0. The first-order chi connectivity index (χ1) is 10.8. The van der Waals surface area contributed by atoms with Crippen LogP contribution in [-0.4, -0.2) is 25.6 Å². The normalized spacial score (nSPS) is 11.5. The molecule has 0 aliphatic rings. The highest BCUT2D eigenvalue weighted by Gasteiger charge is 2.34. The lowest BCUT2D eigenvalue weighted by atomic mass is 9.92. The highest BCUT2D eigenvalue weighted by Crippen LogP contribution is 2.34. The molecule has 0 N–H and O–H groups in total. The average molecular weight is 329 g/mol.